The highest BCUT2D eigenvalue weighted by atomic mass is 31.2. The summed E-state index contributed by atoms with van der Waals surface area (Å²) in [6, 6.07) is 0. The number of nitrogens with zero attached hydrogens (tertiary/aromatic N) is 4. The molecule has 2 aliphatic rings. The third-order valence-electron chi connectivity index (χ3n) is 4.97. The van der Waals surface area contributed by atoms with Gasteiger partial charge in [0.15, 0.2) is 29.2 Å². The van der Waals surface area contributed by atoms with Crippen LogP contribution in [0.1, 0.15) is 26.5 Å². The highest BCUT2D eigenvalue weighted by Gasteiger charge is 2.69. The first-order valence-electron chi connectivity index (χ1n) is 9.35. The summed E-state index contributed by atoms with van der Waals surface area (Å²) in [4.78, 5) is 12.2. The summed E-state index contributed by atoms with van der Waals surface area (Å²) in [5.74, 6) is -2.68. The average Bonchev–Trinajstić information content (AvgIpc) is 3.18. The van der Waals surface area contributed by atoms with E-state index in [-0.39, 0.29) is 29.2 Å². The van der Waals surface area contributed by atoms with Crippen LogP contribution >= 0.6 is 7.60 Å². The van der Waals surface area contributed by atoms with Gasteiger partial charge in [0, 0.05) is 0 Å². The smallest absolute Gasteiger partial charge is 0.331 e. The molecule has 0 amide bonds. The Morgan fingerprint density at radius 2 is 2.27 bits per heavy atom. The van der Waals surface area contributed by atoms with Crippen molar-refractivity contribution in [1.82, 2.24) is 19.5 Å². The fraction of sp³-hybridized carbons (Fsp3) is 0.588. The quantitative estimate of drug-likeness (QED) is 0.528. The van der Waals surface area contributed by atoms with Gasteiger partial charge in [0.25, 0.3) is 5.85 Å². The van der Waals surface area contributed by atoms with E-state index in [0.29, 0.717) is 13.0 Å². The molecule has 2 fully saturated rings. The number of fused-ring (bicyclic) bond motifs is 2. The molecule has 2 saturated heterocycles. The lowest BCUT2D eigenvalue weighted by atomic mass is 9.97. The minimum absolute atomic E-state index is 0.0424. The van der Waals surface area contributed by atoms with Gasteiger partial charge < -0.3 is 19.7 Å². The first-order chi connectivity index (χ1) is 14.1. The number of nitrogen functional groups attached to an aromatic ring is 1. The minimum atomic E-state index is -3.72. The number of imidazole rings is 1. The largest absolute Gasteiger partial charge is 0.476 e. The second-order valence-electron chi connectivity index (χ2n) is 7.22. The first kappa shape index (κ1) is 21.1. The lowest BCUT2D eigenvalue weighted by Gasteiger charge is -2.37. The van der Waals surface area contributed by atoms with Gasteiger partial charge in [-0.25, -0.2) is 13.8 Å². The number of anilines is 1. The monoisotopic (exact) mass is 445 g/mol. The Bertz CT molecular complexity index is 1030. The third kappa shape index (κ3) is 3.27. The molecule has 0 aliphatic carbocycles. The maximum Gasteiger partial charge on any atom is 0.331 e. The Balaban J connectivity index is 1.73. The van der Waals surface area contributed by atoms with Gasteiger partial charge in [0.1, 0.15) is 6.61 Å². The van der Waals surface area contributed by atoms with E-state index in [1.807, 2.05) is 0 Å². The average molecular weight is 445 g/mol. The van der Waals surface area contributed by atoms with Crippen LogP contribution in [0.4, 0.5) is 14.7 Å². The van der Waals surface area contributed by atoms with Gasteiger partial charge in [-0.1, -0.05) is 6.08 Å². The number of allylic oxidation sites excluding steroid dienone is 1. The van der Waals surface area contributed by atoms with Crippen LogP contribution in [0.15, 0.2) is 19.0 Å². The van der Waals surface area contributed by atoms with Crippen molar-refractivity contribution in [3.63, 3.8) is 0 Å². The van der Waals surface area contributed by atoms with Crippen LogP contribution in [0, 0.1) is 0 Å². The highest BCUT2D eigenvalue weighted by molar-refractivity contribution is 7.53. The molecule has 2 N–H and O–H groups in total. The van der Waals surface area contributed by atoms with Crippen LogP contribution < -0.4 is 10.5 Å². The standard InChI is InChI=1S/C17H22F2N5O5P/c1-4-6-7-30(25)27-8-17(19)13(29-30)16(3,18)14(28-17)24-9-21-10-11(24)22-15(20)23-12(10)26-5-2/h4,9,13-14H,1,5-8H2,2-3H3,(H2,20,22,23)/t13-,14+,16+,17+,30?/m0/s1. The van der Waals surface area contributed by atoms with Crippen molar-refractivity contribution in [3.8, 4) is 5.88 Å². The fourth-order valence-electron chi connectivity index (χ4n) is 3.59. The summed E-state index contributed by atoms with van der Waals surface area (Å²) in [6.45, 7) is 5.94. The predicted molar refractivity (Wildman–Crippen MR) is 102 cm³/mol. The highest BCUT2D eigenvalue weighted by Crippen LogP contribution is 2.62. The Kier molecular flexibility index (Phi) is 5.08. The summed E-state index contributed by atoms with van der Waals surface area (Å²) >= 11 is 0. The summed E-state index contributed by atoms with van der Waals surface area (Å²) in [5, 5.41) is 0. The van der Waals surface area contributed by atoms with Crippen LogP contribution in [0.5, 0.6) is 5.88 Å². The maximum atomic E-state index is 15.9. The summed E-state index contributed by atoms with van der Waals surface area (Å²) in [7, 11) is -3.72. The van der Waals surface area contributed by atoms with Gasteiger partial charge in [0.2, 0.25) is 11.8 Å². The van der Waals surface area contributed by atoms with Crippen LogP contribution in [0.25, 0.3) is 11.2 Å². The molecule has 0 bridgehead atoms. The summed E-state index contributed by atoms with van der Waals surface area (Å²) < 4.78 is 66.6. The molecule has 13 heteroatoms. The number of hydrogen-bond donors (Lipinski definition) is 1. The van der Waals surface area contributed by atoms with E-state index >= 15 is 8.78 Å². The normalized spacial score (nSPS) is 36.0. The molecule has 2 aliphatic heterocycles. The zero-order valence-corrected chi connectivity index (χ0v) is 17.3. The predicted octanol–water partition coefficient (Wildman–Crippen LogP) is 2.91. The number of alkyl halides is 2. The molecule has 10 nitrogen and oxygen atoms in total. The maximum absolute atomic E-state index is 15.9. The number of halogens is 2. The molecule has 0 saturated carbocycles. The van der Waals surface area contributed by atoms with E-state index < -0.39 is 38.1 Å². The van der Waals surface area contributed by atoms with Crippen molar-refractivity contribution in [2.75, 3.05) is 25.1 Å². The van der Waals surface area contributed by atoms with E-state index in [1.165, 1.54) is 17.0 Å². The van der Waals surface area contributed by atoms with Gasteiger partial charge in [-0.15, -0.1) is 6.58 Å². The fourth-order valence-corrected chi connectivity index (χ4v) is 5.45. The number of rotatable bonds is 6. The molecule has 1 unspecified atom stereocenters. The molecule has 0 spiro atoms. The first-order valence-corrected chi connectivity index (χ1v) is 11.1. The lowest BCUT2D eigenvalue weighted by molar-refractivity contribution is -0.213. The van der Waals surface area contributed by atoms with E-state index in [2.05, 4.69) is 21.5 Å². The van der Waals surface area contributed by atoms with E-state index in [9.17, 15) is 4.57 Å². The van der Waals surface area contributed by atoms with Crippen molar-refractivity contribution < 1.29 is 31.9 Å². The molecular weight excluding hydrogens is 423 g/mol. The van der Waals surface area contributed by atoms with Gasteiger partial charge in [-0.3, -0.25) is 13.7 Å². The molecule has 4 rings (SSSR count). The zero-order valence-electron chi connectivity index (χ0n) is 16.5. The second-order valence-corrected chi connectivity index (χ2v) is 9.36. The van der Waals surface area contributed by atoms with Gasteiger partial charge in [0.05, 0.1) is 19.1 Å². The van der Waals surface area contributed by atoms with Crippen LogP contribution in [-0.4, -0.2) is 56.5 Å². The minimum Gasteiger partial charge on any atom is -0.476 e. The zero-order chi connectivity index (χ0) is 21.7. The van der Waals surface area contributed by atoms with Crippen molar-refractivity contribution in [1.29, 1.82) is 0 Å². The number of hydrogen-bond acceptors (Lipinski definition) is 9. The van der Waals surface area contributed by atoms with E-state index in [4.69, 9.17) is 24.3 Å². The number of nitrogens with two attached hydrogens (primary N) is 1. The van der Waals surface area contributed by atoms with Crippen molar-refractivity contribution in [3.05, 3.63) is 19.0 Å². The van der Waals surface area contributed by atoms with Crippen LogP contribution in [0.3, 0.4) is 0 Å². The number of aromatic nitrogens is 4. The lowest BCUT2D eigenvalue weighted by Crippen LogP contribution is -2.51. The Labute approximate surface area is 170 Å². The van der Waals surface area contributed by atoms with Gasteiger partial charge >= 0.3 is 7.60 Å². The molecule has 0 aromatic carbocycles. The number of ether oxygens (including phenoxy) is 2. The van der Waals surface area contributed by atoms with Crippen LogP contribution in [-0.2, 0) is 18.3 Å². The van der Waals surface area contributed by atoms with Gasteiger partial charge in [-0.05, 0) is 20.3 Å². The third-order valence-corrected chi connectivity index (χ3v) is 6.83. The SMILES string of the molecule is C=CCCP1(=O)OC[C@@]2(F)O[C@@H](n3cnc4c(OCC)nc(N)nc43)[C@](C)(F)[C@@H]2O1. The van der Waals surface area contributed by atoms with Crippen LogP contribution in [0.2, 0.25) is 0 Å². The summed E-state index contributed by atoms with van der Waals surface area (Å²) in [5.41, 5.74) is 3.60. The van der Waals surface area contributed by atoms with E-state index in [1.54, 1.807) is 6.92 Å². The van der Waals surface area contributed by atoms with Crippen molar-refractivity contribution in [2.45, 2.75) is 44.1 Å². The topological polar surface area (TPSA) is 124 Å². The molecule has 30 heavy (non-hydrogen) atoms. The molecule has 0 radical (unpaired) electrons. The molecular formula is C17H22F2N5O5P. The Hall–Kier alpha value is -2.14. The van der Waals surface area contributed by atoms with Crippen molar-refractivity contribution in [2.24, 2.45) is 0 Å². The molecule has 164 valence electrons. The molecule has 2 aromatic rings. The molecule has 2 aromatic heterocycles. The van der Waals surface area contributed by atoms with Gasteiger partial charge in [-0.2, -0.15) is 9.97 Å². The van der Waals surface area contributed by atoms with E-state index in [0.717, 1.165) is 6.92 Å². The Morgan fingerprint density at radius 3 is 2.97 bits per heavy atom. The molecule has 4 heterocycles. The second kappa shape index (κ2) is 7.23. The Morgan fingerprint density at radius 1 is 1.50 bits per heavy atom. The van der Waals surface area contributed by atoms with Crippen molar-refractivity contribution >= 4 is 24.7 Å². The summed E-state index contributed by atoms with van der Waals surface area (Å²) in [6.07, 6.45) is -0.330. The molecule has 5 atom stereocenters.